The highest BCUT2D eigenvalue weighted by Crippen LogP contribution is 2.36. The van der Waals surface area contributed by atoms with E-state index in [0.29, 0.717) is 33.1 Å². The summed E-state index contributed by atoms with van der Waals surface area (Å²) in [7, 11) is 3.12. The van der Waals surface area contributed by atoms with Crippen LogP contribution in [0.5, 0.6) is 11.5 Å². The summed E-state index contributed by atoms with van der Waals surface area (Å²) in [6.07, 6.45) is 1.42. The third kappa shape index (κ3) is 3.81. The van der Waals surface area contributed by atoms with Gasteiger partial charge in [0.25, 0.3) is 5.91 Å². The number of ether oxygens (including phenoxy) is 2. The molecule has 3 aromatic carbocycles. The molecule has 0 unspecified atom stereocenters. The van der Waals surface area contributed by atoms with Gasteiger partial charge in [-0.2, -0.15) is 5.26 Å². The molecule has 0 bridgehead atoms. The Labute approximate surface area is 187 Å². The van der Waals surface area contributed by atoms with Crippen LogP contribution in [0.15, 0.2) is 48.7 Å². The van der Waals surface area contributed by atoms with E-state index in [-0.39, 0.29) is 16.1 Å². The second-order valence-corrected chi connectivity index (χ2v) is 7.50. The molecule has 0 fully saturated rings. The smallest absolute Gasteiger partial charge is 0.257 e. The summed E-state index contributed by atoms with van der Waals surface area (Å²) >= 11 is 12.1. The van der Waals surface area contributed by atoms with E-state index in [1.807, 2.05) is 24.3 Å². The van der Waals surface area contributed by atoms with Crippen molar-refractivity contribution in [3.05, 3.63) is 69.8 Å². The van der Waals surface area contributed by atoms with Crippen LogP contribution in [0.2, 0.25) is 10.0 Å². The van der Waals surface area contributed by atoms with Gasteiger partial charge in [0.1, 0.15) is 6.07 Å². The normalized spacial score (nSPS) is 10.7. The lowest BCUT2D eigenvalue weighted by Gasteiger charge is -2.13. The number of carbonyl (C=O) groups is 1. The quantitative estimate of drug-likeness (QED) is 0.394. The number of anilines is 1. The maximum absolute atomic E-state index is 12.9. The number of benzene rings is 3. The molecule has 0 spiro atoms. The molecule has 31 heavy (non-hydrogen) atoms. The fraction of sp³-hybridized carbons (Fsp3) is 0.0870. The van der Waals surface area contributed by atoms with Crippen LogP contribution in [0.25, 0.3) is 21.7 Å². The molecular weight excluding hydrogens is 437 g/mol. The summed E-state index contributed by atoms with van der Waals surface area (Å²) in [5.41, 5.74) is 1.43. The maximum Gasteiger partial charge on any atom is 0.257 e. The third-order valence-electron chi connectivity index (χ3n) is 4.86. The van der Waals surface area contributed by atoms with E-state index in [4.69, 9.17) is 32.7 Å². The first-order chi connectivity index (χ1) is 14.9. The van der Waals surface area contributed by atoms with Crippen molar-refractivity contribution < 1.29 is 14.3 Å². The fourth-order valence-corrected chi connectivity index (χ4v) is 3.83. The third-order valence-corrected chi connectivity index (χ3v) is 5.41. The lowest BCUT2D eigenvalue weighted by molar-refractivity contribution is 0.102. The fourth-order valence-electron chi connectivity index (χ4n) is 3.34. The van der Waals surface area contributed by atoms with Crippen LogP contribution in [0.1, 0.15) is 15.9 Å². The monoisotopic (exact) mass is 451 g/mol. The Morgan fingerprint density at radius 2 is 1.71 bits per heavy atom. The second-order valence-electron chi connectivity index (χ2n) is 6.66. The summed E-state index contributed by atoms with van der Waals surface area (Å²) < 4.78 is 10.8. The van der Waals surface area contributed by atoms with Crippen LogP contribution in [0, 0.1) is 11.3 Å². The van der Waals surface area contributed by atoms with Gasteiger partial charge in [-0.1, -0.05) is 23.2 Å². The van der Waals surface area contributed by atoms with Crippen molar-refractivity contribution in [1.29, 1.82) is 5.26 Å². The number of nitriles is 1. The van der Waals surface area contributed by atoms with Crippen LogP contribution in [0.4, 0.5) is 5.69 Å². The zero-order valence-corrected chi connectivity index (χ0v) is 18.0. The number of nitrogens with one attached hydrogen (secondary N) is 1. The van der Waals surface area contributed by atoms with Crippen LogP contribution >= 0.6 is 23.2 Å². The van der Waals surface area contributed by atoms with Gasteiger partial charge >= 0.3 is 0 Å². The highest BCUT2D eigenvalue weighted by Gasteiger charge is 2.17. The lowest BCUT2D eigenvalue weighted by Crippen LogP contribution is -2.14. The molecule has 0 aliphatic heterocycles. The molecule has 0 radical (unpaired) electrons. The van der Waals surface area contributed by atoms with E-state index in [0.717, 1.165) is 10.8 Å². The molecule has 1 amide bonds. The SMILES string of the molecule is COc1cc2cc3ncc(C#N)c(NC(=O)c4ccc(Cl)cc4Cl)c3cc2cc1OC. The van der Waals surface area contributed by atoms with Crippen molar-refractivity contribution in [3.63, 3.8) is 0 Å². The second kappa shape index (κ2) is 8.31. The summed E-state index contributed by atoms with van der Waals surface area (Å²) in [4.78, 5) is 17.3. The standard InChI is InChI=1S/C23H15Cl2N3O3/c1-30-20-7-12-5-17-19(6-13(12)8-21(20)31-2)27-11-14(10-26)22(17)28-23(29)16-4-3-15(24)9-18(16)25/h3-9,11H,1-2H3,(H,27,28,29). The Morgan fingerprint density at radius 3 is 2.32 bits per heavy atom. The molecule has 8 heteroatoms. The average molecular weight is 452 g/mol. The van der Waals surface area contributed by atoms with Gasteiger partial charge in [-0.15, -0.1) is 0 Å². The van der Waals surface area contributed by atoms with Crippen LogP contribution in [-0.4, -0.2) is 25.1 Å². The Hall–Kier alpha value is -3.53. The summed E-state index contributed by atoms with van der Waals surface area (Å²) in [5, 5.41) is 15.4. The molecule has 1 N–H and O–H groups in total. The summed E-state index contributed by atoms with van der Waals surface area (Å²) in [5.74, 6) is 0.698. The highest BCUT2D eigenvalue weighted by atomic mass is 35.5. The van der Waals surface area contributed by atoms with Crippen LogP contribution in [-0.2, 0) is 0 Å². The first kappa shape index (κ1) is 20.7. The largest absolute Gasteiger partial charge is 0.493 e. The minimum Gasteiger partial charge on any atom is -0.493 e. The van der Waals surface area contributed by atoms with Crippen molar-refractivity contribution in [2.24, 2.45) is 0 Å². The Bertz CT molecular complexity index is 1400. The minimum atomic E-state index is -0.460. The molecule has 0 saturated carbocycles. The van der Waals surface area contributed by atoms with Gasteiger partial charge in [0.05, 0.1) is 41.6 Å². The van der Waals surface area contributed by atoms with Gasteiger partial charge in [-0.05, 0) is 53.2 Å². The van der Waals surface area contributed by atoms with Crippen molar-refractivity contribution in [3.8, 4) is 17.6 Å². The van der Waals surface area contributed by atoms with Gasteiger partial charge in [-0.25, -0.2) is 0 Å². The zero-order valence-electron chi connectivity index (χ0n) is 16.5. The van der Waals surface area contributed by atoms with Gasteiger partial charge in [0.2, 0.25) is 0 Å². The topological polar surface area (TPSA) is 84.2 Å². The number of rotatable bonds is 4. The highest BCUT2D eigenvalue weighted by molar-refractivity contribution is 6.37. The number of aromatic nitrogens is 1. The minimum absolute atomic E-state index is 0.212. The number of hydrogen-bond acceptors (Lipinski definition) is 5. The molecule has 0 aliphatic rings. The molecule has 0 saturated heterocycles. The average Bonchev–Trinajstić information content (AvgIpc) is 2.76. The van der Waals surface area contributed by atoms with Crippen molar-refractivity contribution in [2.45, 2.75) is 0 Å². The van der Waals surface area contributed by atoms with Crippen LogP contribution in [0.3, 0.4) is 0 Å². The van der Waals surface area contributed by atoms with Crippen molar-refractivity contribution in [2.75, 3.05) is 19.5 Å². The Morgan fingerprint density at radius 1 is 1.03 bits per heavy atom. The molecule has 1 heterocycles. The lowest BCUT2D eigenvalue weighted by atomic mass is 10.0. The predicted octanol–water partition coefficient (Wildman–Crippen LogP) is 5.84. The van der Waals surface area contributed by atoms with Crippen molar-refractivity contribution >= 4 is 56.5 Å². The van der Waals surface area contributed by atoms with E-state index in [1.54, 1.807) is 20.3 Å². The summed E-state index contributed by atoms with van der Waals surface area (Å²) in [6.45, 7) is 0. The van der Waals surface area contributed by atoms with E-state index in [2.05, 4.69) is 16.4 Å². The van der Waals surface area contributed by atoms with Crippen LogP contribution < -0.4 is 14.8 Å². The number of carbonyl (C=O) groups excluding carboxylic acids is 1. The van der Waals surface area contributed by atoms with E-state index >= 15 is 0 Å². The number of amides is 1. The molecule has 0 atom stereocenters. The van der Waals surface area contributed by atoms with E-state index in [9.17, 15) is 10.1 Å². The molecule has 1 aromatic heterocycles. The molecule has 4 aromatic rings. The molecule has 6 nitrogen and oxygen atoms in total. The number of nitrogens with zero attached hydrogens (tertiary/aromatic N) is 2. The molecule has 4 rings (SSSR count). The maximum atomic E-state index is 12.9. The van der Waals surface area contributed by atoms with Crippen molar-refractivity contribution in [1.82, 2.24) is 4.98 Å². The van der Waals surface area contributed by atoms with E-state index < -0.39 is 5.91 Å². The first-order valence-corrected chi connectivity index (χ1v) is 9.85. The summed E-state index contributed by atoms with van der Waals surface area (Å²) in [6, 6.07) is 14.1. The first-order valence-electron chi connectivity index (χ1n) is 9.10. The van der Waals surface area contributed by atoms with Gasteiger partial charge in [0.15, 0.2) is 11.5 Å². The molecule has 0 aliphatic carbocycles. The Kier molecular flexibility index (Phi) is 5.55. The van der Waals surface area contributed by atoms with Gasteiger partial charge in [-0.3, -0.25) is 9.78 Å². The zero-order chi connectivity index (χ0) is 22.1. The number of fused-ring (bicyclic) bond motifs is 2. The van der Waals surface area contributed by atoms with Gasteiger partial charge in [0, 0.05) is 16.6 Å². The predicted molar refractivity (Wildman–Crippen MR) is 121 cm³/mol. The number of methoxy groups -OCH3 is 2. The number of pyridine rings is 1. The number of halogens is 2. The number of hydrogen-bond donors (Lipinski definition) is 1. The van der Waals surface area contributed by atoms with E-state index in [1.165, 1.54) is 18.3 Å². The molecular formula is C23H15Cl2N3O3. The Balaban J connectivity index is 1.89. The molecule has 154 valence electrons. The van der Waals surface area contributed by atoms with Gasteiger partial charge < -0.3 is 14.8 Å².